The van der Waals surface area contributed by atoms with Gasteiger partial charge in [-0.1, -0.05) is 49.6 Å². The molecule has 2 aromatic heterocycles. The zero-order chi connectivity index (χ0) is 45.5. The normalized spacial score (nSPS) is 14.9. The Balaban J connectivity index is 0.865. The van der Waals surface area contributed by atoms with Gasteiger partial charge in [0.25, 0.3) is 17.7 Å². The molecule has 4 aromatic carbocycles. The third-order valence-corrected chi connectivity index (χ3v) is 11.4. The summed E-state index contributed by atoms with van der Waals surface area (Å²) < 4.78 is 24.1. The van der Waals surface area contributed by atoms with Crippen molar-refractivity contribution in [2.45, 2.75) is 31.1 Å². The Hall–Kier alpha value is -8.26. The molecule has 14 heteroatoms. The molecule has 6 aromatic rings. The molecule has 0 aliphatic carbocycles. The zero-order valence-corrected chi connectivity index (χ0v) is 35.4. The van der Waals surface area contributed by atoms with Gasteiger partial charge in [-0.2, -0.15) is 0 Å². The number of ether oxygens (including phenoxy) is 4. The molecule has 2 aliphatic rings. The molecule has 65 heavy (non-hydrogen) atoms. The Bertz CT molecular complexity index is 2750. The minimum atomic E-state index is -0.691. The van der Waals surface area contributed by atoms with Gasteiger partial charge in [0.15, 0.2) is 0 Å². The summed E-state index contributed by atoms with van der Waals surface area (Å²) in [5, 5.41) is 0. The third kappa shape index (κ3) is 10.2. The standard InChI is InChI=1S/C51H46N6O8/c1-3-46(58)57-26-23-34(31-57)36-28-44(48(53)60)50(55-30-36)65-41-19-15-39(16-20-41)63-45-12-8-7-11-42(45)32(2)51(61)56-24-21-33(22-25-56)35-27-43(47(52)59)49(54-29-35)64-40-17-13-38(14-18-40)62-37-9-5-4-6-10-37/h3-20,27-30,33-34H,1-2,21-26,31H2,(H2,52,59)(H2,53,60). The highest BCUT2D eigenvalue weighted by Crippen LogP contribution is 2.37. The summed E-state index contributed by atoms with van der Waals surface area (Å²) >= 11 is 0. The monoisotopic (exact) mass is 870 g/mol. The second-order valence-corrected chi connectivity index (χ2v) is 15.7. The van der Waals surface area contributed by atoms with Crippen LogP contribution in [-0.2, 0) is 9.59 Å². The lowest BCUT2D eigenvalue weighted by molar-refractivity contribution is -0.126. The summed E-state index contributed by atoms with van der Waals surface area (Å²) in [6.07, 6.45) is 6.61. The number of aromatic nitrogens is 2. The first kappa shape index (κ1) is 43.4. The van der Waals surface area contributed by atoms with Crippen molar-refractivity contribution in [3.8, 4) is 46.3 Å². The van der Waals surface area contributed by atoms with Crippen molar-refractivity contribution in [2.75, 3.05) is 26.2 Å². The van der Waals surface area contributed by atoms with Gasteiger partial charge in [0.05, 0.1) is 0 Å². The number of piperidine rings is 1. The maximum atomic E-state index is 13.9. The van der Waals surface area contributed by atoms with E-state index in [1.807, 2.05) is 42.5 Å². The zero-order valence-electron chi connectivity index (χ0n) is 35.4. The first-order chi connectivity index (χ1) is 31.5. The number of rotatable bonds is 15. The number of amides is 4. The van der Waals surface area contributed by atoms with Crippen LogP contribution in [0.4, 0.5) is 0 Å². The fourth-order valence-electron chi connectivity index (χ4n) is 7.91. The Labute approximate surface area is 375 Å². The number of likely N-dealkylation sites (tertiary alicyclic amines) is 2. The molecule has 0 saturated carbocycles. The first-order valence-corrected chi connectivity index (χ1v) is 21.1. The van der Waals surface area contributed by atoms with Crippen molar-refractivity contribution in [1.82, 2.24) is 19.8 Å². The summed E-state index contributed by atoms with van der Waals surface area (Å²) in [4.78, 5) is 63.3. The Morgan fingerprint density at radius 1 is 0.569 bits per heavy atom. The molecule has 4 N–H and O–H groups in total. The van der Waals surface area contributed by atoms with Crippen LogP contribution in [0.1, 0.15) is 68.5 Å². The number of carbonyl (C=O) groups is 4. The minimum absolute atomic E-state index is 0.00280. The molecule has 328 valence electrons. The number of hydrogen-bond donors (Lipinski definition) is 2. The highest BCUT2D eigenvalue weighted by Gasteiger charge is 2.29. The van der Waals surface area contributed by atoms with Gasteiger partial charge < -0.3 is 40.2 Å². The number of para-hydroxylation sites is 2. The van der Waals surface area contributed by atoms with Crippen molar-refractivity contribution in [3.63, 3.8) is 0 Å². The van der Waals surface area contributed by atoms with Gasteiger partial charge in [0.1, 0.15) is 45.6 Å². The second kappa shape index (κ2) is 19.4. The predicted molar refractivity (Wildman–Crippen MR) is 243 cm³/mol. The van der Waals surface area contributed by atoms with Gasteiger partial charge in [-0.15, -0.1) is 0 Å². The van der Waals surface area contributed by atoms with Crippen LogP contribution in [0.2, 0.25) is 0 Å². The van der Waals surface area contributed by atoms with Crippen LogP contribution in [0.5, 0.6) is 46.3 Å². The van der Waals surface area contributed by atoms with E-state index in [0.717, 1.165) is 17.5 Å². The molecular formula is C51H46N6O8. The van der Waals surface area contributed by atoms with Gasteiger partial charge >= 0.3 is 0 Å². The second-order valence-electron chi connectivity index (χ2n) is 15.7. The smallest absolute Gasteiger partial charge is 0.254 e. The molecule has 2 aliphatic heterocycles. The average molecular weight is 871 g/mol. The molecule has 2 saturated heterocycles. The van der Waals surface area contributed by atoms with Crippen LogP contribution in [-0.4, -0.2) is 69.6 Å². The van der Waals surface area contributed by atoms with Crippen molar-refractivity contribution in [2.24, 2.45) is 11.5 Å². The van der Waals surface area contributed by atoms with E-state index in [0.29, 0.717) is 79.1 Å². The fourth-order valence-corrected chi connectivity index (χ4v) is 7.91. The molecule has 2 fully saturated rings. The highest BCUT2D eigenvalue weighted by atomic mass is 16.5. The predicted octanol–water partition coefficient (Wildman–Crippen LogP) is 8.76. The first-order valence-electron chi connectivity index (χ1n) is 21.1. The van der Waals surface area contributed by atoms with Crippen LogP contribution < -0.4 is 30.4 Å². The lowest BCUT2D eigenvalue weighted by Crippen LogP contribution is -2.38. The summed E-state index contributed by atoms with van der Waals surface area (Å²) in [5.74, 6) is 1.56. The number of pyridine rings is 2. The summed E-state index contributed by atoms with van der Waals surface area (Å²) in [6.45, 7) is 9.72. The molecule has 0 spiro atoms. The molecule has 4 amide bonds. The Morgan fingerprint density at radius 2 is 1.03 bits per heavy atom. The quantitative estimate of drug-likeness (QED) is 0.0944. The van der Waals surface area contributed by atoms with Gasteiger partial charge in [-0.05, 0) is 121 Å². The average Bonchev–Trinajstić information content (AvgIpc) is 3.83. The van der Waals surface area contributed by atoms with Crippen LogP contribution in [0.3, 0.4) is 0 Å². The number of hydrogen-bond acceptors (Lipinski definition) is 10. The number of nitrogens with zero attached hydrogens (tertiary/aromatic N) is 4. The van der Waals surface area contributed by atoms with Gasteiger partial charge in [0, 0.05) is 55.6 Å². The lowest BCUT2D eigenvalue weighted by Gasteiger charge is -2.33. The molecule has 14 nitrogen and oxygen atoms in total. The maximum Gasteiger partial charge on any atom is 0.254 e. The fraction of sp³-hybridized carbons (Fsp3) is 0.176. The van der Waals surface area contributed by atoms with Gasteiger partial charge in [-0.3, -0.25) is 19.2 Å². The van der Waals surface area contributed by atoms with E-state index in [9.17, 15) is 19.2 Å². The maximum absolute atomic E-state index is 13.9. The molecule has 8 rings (SSSR count). The highest BCUT2D eigenvalue weighted by molar-refractivity contribution is 6.19. The molecular weight excluding hydrogens is 825 g/mol. The van der Waals surface area contributed by atoms with E-state index in [-0.39, 0.29) is 52.1 Å². The van der Waals surface area contributed by atoms with Crippen LogP contribution in [0.25, 0.3) is 5.57 Å². The SMILES string of the molecule is C=CC(=O)N1CCC(c2cnc(Oc3ccc(Oc4ccccc4C(=C)C(=O)N4CCC(c5cnc(Oc6ccc(Oc7ccccc7)cc6)c(C(N)=O)c5)CC4)cc3)c(C(N)=O)c2)C1. The number of benzene rings is 4. The van der Waals surface area contributed by atoms with Crippen molar-refractivity contribution in [1.29, 1.82) is 0 Å². The number of carbonyl (C=O) groups excluding carboxylic acids is 4. The molecule has 0 radical (unpaired) electrons. The Kier molecular flexibility index (Phi) is 13.0. The van der Waals surface area contributed by atoms with Crippen molar-refractivity contribution < 1.29 is 38.1 Å². The summed E-state index contributed by atoms with van der Waals surface area (Å²) in [5.41, 5.74) is 14.2. The van der Waals surface area contributed by atoms with Crippen LogP contribution >= 0.6 is 0 Å². The molecule has 1 unspecified atom stereocenters. The van der Waals surface area contributed by atoms with Crippen molar-refractivity contribution in [3.05, 3.63) is 175 Å². The summed E-state index contributed by atoms with van der Waals surface area (Å²) in [6, 6.07) is 33.7. The van der Waals surface area contributed by atoms with Crippen LogP contribution in [0.15, 0.2) is 147 Å². The van der Waals surface area contributed by atoms with E-state index >= 15 is 0 Å². The topological polar surface area (TPSA) is 190 Å². The van der Waals surface area contributed by atoms with E-state index < -0.39 is 11.8 Å². The number of nitrogens with two attached hydrogens (primary N) is 2. The Morgan fingerprint density at radius 3 is 1.58 bits per heavy atom. The van der Waals surface area contributed by atoms with E-state index in [1.54, 1.807) is 95.0 Å². The van der Waals surface area contributed by atoms with Gasteiger partial charge in [-0.25, -0.2) is 9.97 Å². The third-order valence-electron chi connectivity index (χ3n) is 11.4. The molecule has 4 heterocycles. The van der Waals surface area contributed by atoms with Crippen LogP contribution in [0, 0.1) is 0 Å². The molecule has 0 bridgehead atoms. The van der Waals surface area contributed by atoms with Gasteiger partial charge in [0.2, 0.25) is 17.7 Å². The lowest BCUT2D eigenvalue weighted by atomic mass is 9.89. The van der Waals surface area contributed by atoms with Crippen molar-refractivity contribution >= 4 is 29.2 Å². The summed E-state index contributed by atoms with van der Waals surface area (Å²) in [7, 11) is 0. The van der Waals surface area contributed by atoms with E-state index in [1.165, 1.54) is 6.08 Å². The largest absolute Gasteiger partial charge is 0.457 e. The molecule has 1 atom stereocenters. The van der Waals surface area contributed by atoms with E-state index in [2.05, 4.69) is 23.1 Å². The minimum Gasteiger partial charge on any atom is -0.457 e. The van der Waals surface area contributed by atoms with E-state index in [4.69, 9.17) is 30.4 Å². The number of primary amides is 2.